The van der Waals surface area contributed by atoms with Crippen LogP contribution in [0.5, 0.6) is 5.75 Å². The summed E-state index contributed by atoms with van der Waals surface area (Å²) in [7, 11) is 0. The summed E-state index contributed by atoms with van der Waals surface area (Å²) in [6.07, 6.45) is -4.12. The number of carbonyl (C=O) groups excluding carboxylic acids is 1. The lowest BCUT2D eigenvalue weighted by Crippen LogP contribution is -2.50. The number of nitrogens with zero attached hydrogens (tertiary/aromatic N) is 2. The van der Waals surface area contributed by atoms with E-state index in [-0.39, 0.29) is 40.3 Å². The fourth-order valence-corrected chi connectivity index (χ4v) is 4.93. The second-order valence-corrected chi connectivity index (χ2v) is 9.67. The first kappa shape index (κ1) is 27.7. The van der Waals surface area contributed by atoms with Crippen LogP contribution in [0.15, 0.2) is 54.7 Å². The Bertz CT molecular complexity index is 1370. The van der Waals surface area contributed by atoms with Gasteiger partial charge in [-0.3, -0.25) is 14.7 Å². The van der Waals surface area contributed by atoms with Crippen molar-refractivity contribution in [2.24, 2.45) is 0 Å². The third kappa shape index (κ3) is 6.32. The molecular formula is C27H25F5N4O4. The Labute approximate surface area is 225 Å². The van der Waals surface area contributed by atoms with Gasteiger partial charge in [-0.2, -0.15) is 0 Å². The predicted octanol–water partition coefficient (Wildman–Crippen LogP) is 4.77. The average molecular weight is 565 g/mol. The summed E-state index contributed by atoms with van der Waals surface area (Å²) in [6, 6.07) is 8.78. The molecule has 3 heterocycles. The Kier molecular flexibility index (Phi) is 7.62. The first-order valence-electron chi connectivity index (χ1n) is 12.4. The van der Waals surface area contributed by atoms with E-state index in [4.69, 9.17) is 4.74 Å². The highest BCUT2D eigenvalue weighted by molar-refractivity contribution is 6.05. The standard InChI is InChI=1S/C27H25F5N4O4/c1-14(36-12-21-10-20(36)13-39-21)25(37)35-23-8-15(2-5-24(23)40-27(30,31)32)26(38)34-19-3-4-22(33-11-19)16-6-17(28)9-18(29)7-16/h2-9,11,14,20-21,25,35,37H,10,12-13H2,1H3,(H,34,38). The maximum Gasteiger partial charge on any atom is 0.573 e. The molecule has 212 valence electrons. The van der Waals surface area contributed by atoms with Crippen molar-refractivity contribution in [1.29, 1.82) is 0 Å². The molecule has 40 heavy (non-hydrogen) atoms. The van der Waals surface area contributed by atoms with Gasteiger partial charge >= 0.3 is 6.36 Å². The Balaban J connectivity index is 1.32. The van der Waals surface area contributed by atoms with Gasteiger partial charge < -0.3 is 25.2 Å². The largest absolute Gasteiger partial charge is 0.573 e. The van der Waals surface area contributed by atoms with Crippen molar-refractivity contribution in [3.63, 3.8) is 0 Å². The lowest BCUT2D eigenvalue weighted by Gasteiger charge is -2.35. The number of pyridine rings is 1. The number of halogens is 5. The van der Waals surface area contributed by atoms with Gasteiger partial charge in [-0.05, 0) is 55.8 Å². The van der Waals surface area contributed by atoms with Crippen LogP contribution in [0.3, 0.4) is 0 Å². The van der Waals surface area contributed by atoms with E-state index in [9.17, 15) is 31.9 Å². The summed E-state index contributed by atoms with van der Waals surface area (Å²) in [6.45, 7) is 2.86. The number of rotatable bonds is 8. The Morgan fingerprint density at radius 2 is 1.90 bits per heavy atom. The second kappa shape index (κ2) is 11.0. The number of nitrogens with one attached hydrogen (secondary N) is 2. The summed E-state index contributed by atoms with van der Waals surface area (Å²) in [5, 5.41) is 16.0. The van der Waals surface area contributed by atoms with Crippen molar-refractivity contribution in [2.75, 3.05) is 23.8 Å². The van der Waals surface area contributed by atoms with E-state index < -0.39 is 41.9 Å². The maximum atomic E-state index is 13.5. The topological polar surface area (TPSA) is 96.0 Å². The lowest BCUT2D eigenvalue weighted by molar-refractivity contribution is -0.274. The van der Waals surface area contributed by atoms with Crippen LogP contribution in [0.2, 0.25) is 0 Å². The SMILES string of the molecule is CC(C(O)Nc1cc(C(=O)Nc2ccc(-c3cc(F)cc(F)c3)nc2)ccc1OC(F)(F)F)N1CC2CC1CO2. The number of amides is 1. The molecule has 3 aromatic rings. The number of benzene rings is 2. The minimum Gasteiger partial charge on any atom is -0.404 e. The molecule has 13 heteroatoms. The highest BCUT2D eigenvalue weighted by atomic mass is 19.4. The zero-order chi connectivity index (χ0) is 28.6. The number of morpholine rings is 1. The van der Waals surface area contributed by atoms with Gasteiger partial charge in [0, 0.05) is 29.8 Å². The van der Waals surface area contributed by atoms with E-state index in [0.717, 1.165) is 42.8 Å². The molecule has 8 nitrogen and oxygen atoms in total. The predicted molar refractivity (Wildman–Crippen MR) is 135 cm³/mol. The number of ether oxygens (including phenoxy) is 2. The number of aliphatic hydroxyl groups is 1. The third-order valence-electron chi connectivity index (χ3n) is 6.87. The molecule has 2 aliphatic rings. The molecule has 4 unspecified atom stereocenters. The van der Waals surface area contributed by atoms with E-state index in [1.807, 2.05) is 4.90 Å². The van der Waals surface area contributed by atoms with E-state index in [0.29, 0.717) is 13.2 Å². The van der Waals surface area contributed by atoms with E-state index in [1.165, 1.54) is 18.3 Å². The van der Waals surface area contributed by atoms with Crippen LogP contribution in [0.25, 0.3) is 11.3 Å². The molecule has 1 amide bonds. The monoisotopic (exact) mass is 564 g/mol. The van der Waals surface area contributed by atoms with Crippen molar-refractivity contribution in [1.82, 2.24) is 9.88 Å². The number of alkyl halides is 3. The zero-order valence-electron chi connectivity index (χ0n) is 21.1. The van der Waals surface area contributed by atoms with Gasteiger partial charge in [0.2, 0.25) is 0 Å². The fraction of sp³-hybridized carbons (Fsp3) is 0.333. The molecule has 0 aliphatic carbocycles. The summed E-state index contributed by atoms with van der Waals surface area (Å²) in [5.74, 6) is -2.82. The van der Waals surface area contributed by atoms with Gasteiger partial charge in [0.25, 0.3) is 5.91 Å². The van der Waals surface area contributed by atoms with Gasteiger partial charge in [0.15, 0.2) is 5.75 Å². The quantitative estimate of drug-likeness (QED) is 0.268. The van der Waals surface area contributed by atoms with Crippen molar-refractivity contribution < 1.29 is 41.3 Å². The Morgan fingerprint density at radius 3 is 2.50 bits per heavy atom. The summed E-state index contributed by atoms with van der Waals surface area (Å²) in [5.41, 5.74) is 0.440. The van der Waals surface area contributed by atoms with Crippen molar-refractivity contribution in [3.8, 4) is 17.0 Å². The van der Waals surface area contributed by atoms with Crippen LogP contribution in [-0.2, 0) is 4.74 Å². The molecule has 1 aromatic heterocycles. The number of carbonyl (C=O) groups is 1. The van der Waals surface area contributed by atoms with E-state index in [1.54, 1.807) is 6.92 Å². The molecule has 2 bridgehead atoms. The zero-order valence-corrected chi connectivity index (χ0v) is 21.1. The van der Waals surface area contributed by atoms with Crippen molar-refractivity contribution in [3.05, 3.63) is 71.9 Å². The second-order valence-electron chi connectivity index (χ2n) is 9.67. The molecule has 5 rings (SSSR count). The summed E-state index contributed by atoms with van der Waals surface area (Å²) >= 11 is 0. The first-order valence-corrected chi connectivity index (χ1v) is 12.4. The average Bonchev–Trinajstić information content (AvgIpc) is 3.52. The molecule has 2 fully saturated rings. The van der Waals surface area contributed by atoms with Crippen molar-refractivity contribution >= 4 is 17.3 Å². The molecule has 0 saturated carbocycles. The third-order valence-corrected chi connectivity index (χ3v) is 6.87. The number of likely N-dealkylation sites (tertiary alicyclic amines) is 1. The Morgan fingerprint density at radius 1 is 1.15 bits per heavy atom. The first-order chi connectivity index (χ1) is 18.9. The van der Waals surface area contributed by atoms with Gasteiger partial charge in [-0.25, -0.2) is 8.78 Å². The lowest BCUT2D eigenvalue weighted by atomic mass is 10.1. The van der Waals surface area contributed by atoms with Gasteiger partial charge in [-0.15, -0.1) is 13.2 Å². The molecule has 4 atom stereocenters. The molecule has 2 saturated heterocycles. The van der Waals surface area contributed by atoms with E-state index >= 15 is 0 Å². The molecule has 0 spiro atoms. The number of hydrogen-bond donors (Lipinski definition) is 3. The van der Waals surface area contributed by atoms with Crippen LogP contribution in [0.1, 0.15) is 23.7 Å². The molecular weight excluding hydrogens is 539 g/mol. The van der Waals surface area contributed by atoms with Gasteiger partial charge in [0.1, 0.15) is 17.9 Å². The van der Waals surface area contributed by atoms with Gasteiger partial charge in [0.05, 0.1) is 42.0 Å². The highest BCUT2D eigenvalue weighted by Gasteiger charge is 2.42. The molecule has 2 aliphatic heterocycles. The summed E-state index contributed by atoms with van der Waals surface area (Å²) in [4.78, 5) is 19.0. The van der Waals surface area contributed by atoms with Gasteiger partial charge in [-0.1, -0.05) is 0 Å². The highest BCUT2D eigenvalue weighted by Crippen LogP contribution is 2.34. The van der Waals surface area contributed by atoms with Crippen molar-refractivity contribution in [2.45, 2.75) is 44.1 Å². The maximum absolute atomic E-state index is 13.5. The number of aliphatic hydroxyl groups excluding tert-OH is 1. The normalized spacial score (nSPS) is 20.3. The molecule has 2 aromatic carbocycles. The molecule has 0 radical (unpaired) electrons. The van der Waals surface area contributed by atoms with Crippen LogP contribution in [0.4, 0.5) is 33.3 Å². The minimum atomic E-state index is -5.00. The van der Waals surface area contributed by atoms with Crippen LogP contribution >= 0.6 is 0 Å². The molecule has 3 N–H and O–H groups in total. The number of anilines is 2. The smallest absolute Gasteiger partial charge is 0.404 e. The summed E-state index contributed by atoms with van der Waals surface area (Å²) < 4.78 is 75.9. The number of fused-ring (bicyclic) bond motifs is 2. The Hall–Kier alpha value is -3.81. The van der Waals surface area contributed by atoms with Crippen LogP contribution in [0, 0.1) is 11.6 Å². The number of aromatic nitrogens is 1. The number of hydrogen-bond acceptors (Lipinski definition) is 7. The van der Waals surface area contributed by atoms with Crippen LogP contribution in [-0.4, -0.2) is 64.8 Å². The van der Waals surface area contributed by atoms with Crippen LogP contribution < -0.4 is 15.4 Å². The van der Waals surface area contributed by atoms with E-state index in [2.05, 4.69) is 20.4 Å². The fourth-order valence-electron chi connectivity index (χ4n) is 4.93. The minimum absolute atomic E-state index is 0.0261.